The van der Waals surface area contributed by atoms with Crippen LogP contribution in [-0.4, -0.2) is 18.2 Å². The van der Waals surface area contributed by atoms with Crippen LogP contribution >= 0.6 is 0 Å². The Morgan fingerprint density at radius 1 is 1.29 bits per heavy atom. The summed E-state index contributed by atoms with van der Waals surface area (Å²) in [5, 5.41) is 3.44. The topological polar surface area (TPSA) is 47.3 Å². The molecule has 0 aromatic heterocycles. The summed E-state index contributed by atoms with van der Waals surface area (Å²) in [6.07, 6.45) is 0.745. The zero-order valence-electron chi connectivity index (χ0n) is 12.2. The van der Waals surface area contributed by atoms with Gasteiger partial charge in [0.05, 0.1) is 11.1 Å². The Morgan fingerprint density at radius 2 is 1.76 bits per heavy atom. The molecule has 0 heterocycles. The van der Waals surface area contributed by atoms with Crippen LogP contribution in [0.3, 0.4) is 0 Å². The number of nitrogens with two attached hydrogens (primary N) is 1. The summed E-state index contributed by atoms with van der Waals surface area (Å²) in [6, 6.07) is 0. The van der Waals surface area contributed by atoms with E-state index in [-0.39, 0.29) is 17.1 Å². The van der Waals surface area contributed by atoms with Crippen molar-refractivity contribution in [2.24, 2.45) is 11.7 Å². The van der Waals surface area contributed by atoms with Crippen LogP contribution in [0.2, 0.25) is 0 Å². The molecule has 0 radical (unpaired) electrons. The van der Waals surface area contributed by atoms with Crippen molar-refractivity contribution in [3.8, 4) is 0 Å². The Bertz CT molecular complexity index is 293. The minimum atomic E-state index is -0.282. The molecule has 0 aliphatic rings. The molecule has 0 aliphatic heterocycles. The summed E-state index contributed by atoms with van der Waals surface area (Å²) in [7, 11) is 1.72. The molecule has 0 rings (SSSR count). The van der Waals surface area contributed by atoms with Crippen LogP contribution in [0.5, 0.6) is 0 Å². The van der Waals surface area contributed by atoms with Crippen LogP contribution in [0, 0.1) is 5.92 Å². The smallest absolute Gasteiger partial charge is 0.0845 e. The summed E-state index contributed by atoms with van der Waals surface area (Å²) < 4.78 is 5.52. The molecule has 3 nitrogen and oxygen atoms in total. The van der Waals surface area contributed by atoms with Gasteiger partial charge in [0.1, 0.15) is 0 Å². The summed E-state index contributed by atoms with van der Waals surface area (Å²) in [4.78, 5) is 0. The molecule has 100 valence electrons. The van der Waals surface area contributed by atoms with Crippen molar-refractivity contribution in [2.45, 2.75) is 52.2 Å². The molecular weight excluding hydrogens is 212 g/mol. The molecule has 0 bridgehead atoms. The van der Waals surface area contributed by atoms with E-state index in [1.165, 1.54) is 0 Å². The number of hydrogen-bond acceptors (Lipinski definition) is 3. The van der Waals surface area contributed by atoms with Gasteiger partial charge in [-0.15, -0.1) is 0 Å². The van der Waals surface area contributed by atoms with Crippen LogP contribution in [0.1, 0.15) is 41.0 Å². The van der Waals surface area contributed by atoms with Crippen LogP contribution in [0.25, 0.3) is 0 Å². The van der Waals surface area contributed by atoms with Crippen molar-refractivity contribution in [1.29, 1.82) is 0 Å². The molecule has 3 N–H and O–H groups in total. The summed E-state index contributed by atoms with van der Waals surface area (Å²) in [6.45, 7) is 18.2. The van der Waals surface area contributed by atoms with Crippen LogP contribution in [-0.2, 0) is 4.74 Å². The first-order valence-corrected chi connectivity index (χ1v) is 5.99. The molecule has 0 spiro atoms. The first-order valence-electron chi connectivity index (χ1n) is 5.99. The second-order valence-electron chi connectivity index (χ2n) is 5.75. The Balaban J connectivity index is 4.62. The van der Waals surface area contributed by atoms with Crippen molar-refractivity contribution in [2.75, 3.05) is 7.11 Å². The maximum Gasteiger partial charge on any atom is 0.0845 e. The Morgan fingerprint density at radius 3 is 2.12 bits per heavy atom. The highest BCUT2D eigenvalue weighted by molar-refractivity contribution is 5.09. The molecule has 0 aromatic rings. The molecule has 0 aliphatic carbocycles. The lowest BCUT2D eigenvalue weighted by molar-refractivity contribution is -0.0417. The summed E-state index contributed by atoms with van der Waals surface area (Å²) >= 11 is 0. The molecule has 0 saturated heterocycles. The molecular formula is C14H28N2O. The van der Waals surface area contributed by atoms with Crippen LogP contribution in [0.4, 0.5) is 0 Å². The van der Waals surface area contributed by atoms with E-state index >= 15 is 0 Å². The fourth-order valence-corrected chi connectivity index (χ4v) is 1.45. The van der Waals surface area contributed by atoms with Crippen molar-refractivity contribution in [3.63, 3.8) is 0 Å². The molecule has 1 unspecified atom stereocenters. The SMILES string of the molecule is C=C(N)CC(C)C(=C)NC(C)(C)C(C)(C)OC. The van der Waals surface area contributed by atoms with Gasteiger partial charge in [-0.05, 0) is 34.1 Å². The minimum absolute atomic E-state index is 0.205. The van der Waals surface area contributed by atoms with Gasteiger partial charge in [-0.1, -0.05) is 20.1 Å². The minimum Gasteiger partial charge on any atom is -0.402 e. The molecule has 0 aromatic carbocycles. The Hall–Kier alpha value is -0.960. The van der Waals surface area contributed by atoms with E-state index in [9.17, 15) is 0 Å². The Kier molecular flexibility index (Phi) is 5.27. The fraction of sp³-hybridized carbons (Fsp3) is 0.714. The van der Waals surface area contributed by atoms with Gasteiger partial charge in [0, 0.05) is 24.4 Å². The molecule has 0 fully saturated rings. The van der Waals surface area contributed by atoms with E-state index in [4.69, 9.17) is 10.5 Å². The average Bonchev–Trinajstić information content (AvgIpc) is 2.15. The van der Waals surface area contributed by atoms with Gasteiger partial charge in [-0.25, -0.2) is 0 Å². The predicted octanol–water partition coefficient (Wildman–Crippen LogP) is 2.79. The van der Waals surface area contributed by atoms with Gasteiger partial charge in [0.25, 0.3) is 0 Å². The molecule has 17 heavy (non-hydrogen) atoms. The van der Waals surface area contributed by atoms with E-state index in [2.05, 4.69) is 53.1 Å². The lowest BCUT2D eigenvalue weighted by Crippen LogP contribution is -2.56. The average molecular weight is 240 g/mol. The molecule has 0 amide bonds. The van der Waals surface area contributed by atoms with E-state index in [1.54, 1.807) is 7.11 Å². The third-order valence-electron chi connectivity index (χ3n) is 3.65. The number of rotatable bonds is 7. The van der Waals surface area contributed by atoms with Gasteiger partial charge >= 0.3 is 0 Å². The third kappa shape index (κ3) is 4.43. The highest BCUT2D eigenvalue weighted by Crippen LogP contribution is 2.27. The maximum atomic E-state index is 5.62. The van der Waals surface area contributed by atoms with Crippen molar-refractivity contribution < 1.29 is 4.74 Å². The lowest BCUT2D eigenvalue weighted by Gasteiger charge is -2.43. The third-order valence-corrected chi connectivity index (χ3v) is 3.65. The monoisotopic (exact) mass is 240 g/mol. The van der Waals surface area contributed by atoms with E-state index in [0.29, 0.717) is 5.70 Å². The zero-order valence-corrected chi connectivity index (χ0v) is 12.2. The molecule has 1 atom stereocenters. The molecule has 0 saturated carbocycles. The number of ether oxygens (including phenoxy) is 1. The summed E-state index contributed by atoms with van der Waals surface area (Å²) in [5.74, 6) is 0.263. The zero-order chi connectivity index (χ0) is 13.9. The number of hydrogen-bond donors (Lipinski definition) is 2. The Labute approximate surface area is 106 Å². The second kappa shape index (κ2) is 5.58. The predicted molar refractivity (Wildman–Crippen MR) is 74.6 cm³/mol. The largest absolute Gasteiger partial charge is 0.402 e. The lowest BCUT2D eigenvalue weighted by atomic mass is 9.84. The standard InChI is InChI=1S/C14H28N2O/c1-10(9-11(2)15)12(3)16-13(4,5)14(6,7)17-8/h10,16H,2-3,9,15H2,1,4-8H3. The van der Waals surface area contributed by atoms with Gasteiger partial charge < -0.3 is 15.8 Å². The number of allylic oxidation sites excluding steroid dienone is 2. The van der Waals surface area contributed by atoms with Gasteiger partial charge in [-0.3, -0.25) is 0 Å². The van der Waals surface area contributed by atoms with Gasteiger partial charge in [0.2, 0.25) is 0 Å². The highest BCUT2D eigenvalue weighted by atomic mass is 16.5. The number of nitrogens with one attached hydrogen (secondary N) is 1. The van der Waals surface area contributed by atoms with Gasteiger partial charge in [0.15, 0.2) is 0 Å². The molecule has 3 heteroatoms. The second-order valence-corrected chi connectivity index (χ2v) is 5.75. The van der Waals surface area contributed by atoms with E-state index in [0.717, 1.165) is 12.1 Å². The van der Waals surface area contributed by atoms with Crippen molar-refractivity contribution >= 4 is 0 Å². The van der Waals surface area contributed by atoms with Crippen molar-refractivity contribution in [3.05, 3.63) is 24.6 Å². The number of methoxy groups -OCH3 is 1. The summed E-state index contributed by atoms with van der Waals surface area (Å²) in [5.41, 5.74) is 6.78. The van der Waals surface area contributed by atoms with Crippen LogP contribution in [0.15, 0.2) is 24.6 Å². The normalized spacial score (nSPS) is 14.2. The maximum absolute atomic E-state index is 5.62. The fourth-order valence-electron chi connectivity index (χ4n) is 1.45. The first kappa shape index (κ1) is 16.0. The highest BCUT2D eigenvalue weighted by Gasteiger charge is 2.37. The van der Waals surface area contributed by atoms with E-state index < -0.39 is 0 Å². The quantitative estimate of drug-likeness (QED) is 0.719. The van der Waals surface area contributed by atoms with Crippen LogP contribution < -0.4 is 11.1 Å². The van der Waals surface area contributed by atoms with E-state index in [1.807, 2.05) is 0 Å². The van der Waals surface area contributed by atoms with Gasteiger partial charge in [-0.2, -0.15) is 0 Å². The van der Waals surface area contributed by atoms with Crippen molar-refractivity contribution in [1.82, 2.24) is 5.32 Å². The first-order chi connectivity index (χ1) is 7.53.